The van der Waals surface area contributed by atoms with Gasteiger partial charge in [-0.05, 0) is 75.1 Å². The van der Waals surface area contributed by atoms with E-state index in [1.807, 2.05) is 38.1 Å². The van der Waals surface area contributed by atoms with Gasteiger partial charge in [-0.2, -0.15) is 0 Å². The van der Waals surface area contributed by atoms with Crippen molar-refractivity contribution >= 4 is 22.8 Å². The third kappa shape index (κ3) is 5.73. The van der Waals surface area contributed by atoms with Gasteiger partial charge in [-0.25, -0.2) is 0 Å². The highest BCUT2D eigenvalue weighted by atomic mass is 16.5. The molecular formula is C25H29NO5. The van der Waals surface area contributed by atoms with E-state index < -0.39 is 5.97 Å². The lowest BCUT2D eigenvalue weighted by Gasteiger charge is -2.10. The van der Waals surface area contributed by atoms with Crippen LogP contribution in [-0.2, 0) is 16.0 Å². The van der Waals surface area contributed by atoms with Gasteiger partial charge in [0.15, 0.2) is 0 Å². The van der Waals surface area contributed by atoms with Crippen molar-refractivity contribution in [2.45, 2.75) is 39.5 Å². The van der Waals surface area contributed by atoms with Crippen LogP contribution in [0.15, 0.2) is 48.5 Å². The summed E-state index contributed by atoms with van der Waals surface area (Å²) in [5.74, 6) is -0.309. The predicted octanol–water partition coefficient (Wildman–Crippen LogP) is 4.85. The molecule has 0 atom stereocenters. The number of carboxylic acid groups (broad SMARTS) is 1. The quantitative estimate of drug-likeness (QED) is 0.446. The number of carbonyl (C=O) groups is 2. The molecule has 1 aromatic heterocycles. The van der Waals surface area contributed by atoms with Gasteiger partial charge in [0, 0.05) is 29.9 Å². The molecule has 0 bridgehead atoms. The van der Waals surface area contributed by atoms with E-state index in [1.165, 1.54) is 0 Å². The second kappa shape index (κ2) is 10.8. The van der Waals surface area contributed by atoms with E-state index in [-0.39, 0.29) is 12.3 Å². The Morgan fingerprint density at radius 3 is 2.45 bits per heavy atom. The number of hydrogen-bond acceptors (Lipinski definition) is 4. The van der Waals surface area contributed by atoms with Crippen molar-refractivity contribution in [3.8, 4) is 5.75 Å². The molecular weight excluding hydrogens is 394 g/mol. The number of fused-ring (bicyclic) bond motifs is 1. The maximum atomic E-state index is 13.2. The molecule has 1 N–H and O–H groups in total. The summed E-state index contributed by atoms with van der Waals surface area (Å²) in [6, 6.07) is 14.4. The molecule has 6 nitrogen and oxygen atoms in total. The van der Waals surface area contributed by atoms with Crippen LogP contribution in [0.1, 0.15) is 47.8 Å². The van der Waals surface area contributed by atoms with Crippen LogP contribution in [0.25, 0.3) is 10.9 Å². The highest BCUT2D eigenvalue weighted by molar-refractivity contribution is 6.04. The molecule has 0 spiro atoms. The van der Waals surface area contributed by atoms with Gasteiger partial charge in [0.05, 0.1) is 18.5 Å². The first-order valence-corrected chi connectivity index (χ1v) is 10.7. The molecule has 0 amide bonds. The van der Waals surface area contributed by atoms with Crippen LogP contribution in [0.4, 0.5) is 0 Å². The summed E-state index contributed by atoms with van der Waals surface area (Å²) >= 11 is 0. The fourth-order valence-electron chi connectivity index (χ4n) is 3.65. The van der Waals surface area contributed by atoms with E-state index in [0.29, 0.717) is 23.3 Å². The molecule has 1 heterocycles. The normalized spacial score (nSPS) is 11.0. The zero-order valence-corrected chi connectivity index (χ0v) is 18.1. The van der Waals surface area contributed by atoms with Crippen LogP contribution < -0.4 is 4.74 Å². The minimum absolute atomic E-state index is 0.0767. The van der Waals surface area contributed by atoms with E-state index in [1.54, 1.807) is 28.8 Å². The zero-order valence-electron chi connectivity index (χ0n) is 18.1. The largest absolute Gasteiger partial charge is 0.494 e. The van der Waals surface area contributed by atoms with Gasteiger partial charge in [0.1, 0.15) is 5.75 Å². The fourth-order valence-corrected chi connectivity index (χ4v) is 3.65. The number of nitrogens with zero attached hydrogens (tertiary/aromatic N) is 1. The Bertz CT molecular complexity index is 1040. The number of aliphatic carboxylic acids is 1. The van der Waals surface area contributed by atoms with Gasteiger partial charge >= 0.3 is 5.97 Å². The third-order valence-corrected chi connectivity index (χ3v) is 5.17. The summed E-state index contributed by atoms with van der Waals surface area (Å²) in [4.78, 5) is 24.3. The Morgan fingerprint density at radius 1 is 1.00 bits per heavy atom. The molecule has 3 aromatic rings. The van der Waals surface area contributed by atoms with Gasteiger partial charge in [0.2, 0.25) is 0 Å². The Balaban J connectivity index is 1.67. The highest BCUT2D eigenvalue weighted by Gasteiger charge is 2.17. The summed E-state index contributed by atoms with van der Waals surface area (Å²) in [6.45, 7) is 6.02. The SMILES string of the molecule is CCOCCCCCOc1ccc(C(=O)n2c(C)cc3c(CC(=O)O)cccc32)cc1. The average Bonchev–Trinajstić information content (AvgIpc) is 3.09. The van der Waals surface area contributed by atoms with Crippen molar-refractivity contribution in [3.05, 3.63) is 65.4 Å². The topological polar surface area (TPSA) is 77.8 Å². The Kier molecular flexibility index (Phi) is 7.84. The van der Waals surface area contributed by atoms with E-state index >= 15 is 0 Å². The monoisotopic (exact) mass is 423 g/mol. The molecule has 164 valence electrons. The minimum atomic E-state index is -0.894. The third-order valence-electron chi connectivity index (χ3n) is 5.17. The number of benzene rings is 2. The molecule has 0 aliphatic carbocycles. The van der Waals surface area contributed by atoms with E-state index in [9.17, 15) is 9.59 Å². The molecule has 0 radical (unpaired) electrons. The van der Waals surface area contributed by atoms with Crippen LogP contribution in [0, 0.1) is 6.92 Å². The summed E-state index contributed by atoms with van der Waals surface area (Å²) in [5.41, 5.74) is 2.73. The van der Waals surface area contributed by atoms with Crippen molar-refractivity contribution in [3.63, 3.8) is 0 Å². The number of unbranched alkanes of at least 4 members (excludes halogenated alkanes) is 2. The summed E-state index contributed by atoms with van der Waals surface area (Å²) in [6.07, 6.45) is 2.97. The Hall–Kier alpha value is -3.12. The number of aryl methyl sites for hydroxylation is 1. The number of carbonyl (C=O) groups excluding carboxylic acids is 1. The first-order chi connectivity index (χ1) is 15.0. The number of carboxylic acids is 1. The van der Waals surface area contributed by atoms with E-state index in [2.05, 4.69) is 0 Å². The molecule has 0 aliphatic rings. The number of aromatic nitrogens is 1. The maximum absolute atomic E-state index is 13.2. The lowest BCUT2D eigenvalue weighted by Crippen LogP contribution is -2.13. The predicted molar refractivity (Wildman–Crippen MR) is 120 cm³/mol. The van der Waals surface area contributed by atoms with Crippen LogP contribution in [0.5, 0.6) is 5.75 Å². The molecule has 6 heteroatoms. The van der Waals surface area contributed by atoms with E-state index in [4.69, 9.17) is 14.6 Å². The molecule has 0 saturated heterocycles. The first-order valence-electron chi connectivity index (χ1n) is 10.7. The molecule has 0 aliphatic heterocycles. The molecule has 0 fully saturated rings. The molecule has 3 rings (SSSR count). The summed E-state index contributed by atoms with van der Waals surface area (Å²) in [7, 11) is 0. The smallest absolute Gasteiger partial charge is 0.307 e. The van der Waals surface area contributed by atoms with Gasteiger partial charge < -0.3 is 14.6 Å². The van der Waals surface area contributed by atoms with Gasteiger partial charge in [-0.1, -0.05) is 12.1 Å². The fraction of sp³-hybridized carbons (Fsp3) is 0.360. The molecule has 2 aromatic carbocycles. The highest BCUT2D eigenvalue weighted by Crippen LogP contribution is 2.25. The van der Waals surface area contributed by atoms with Crippen LogP contribution in [-0.4, -0.2) is 41.4 Å². The average molecular weight is 424 g/mol. The first kappa shape index (κ1) is 22.6. The number of hydrogen-bond donors (Lipinski definition) is 1. The second-order valence-corrected chi connectivity index (χ2v) is 7.48. The van der Waals surface area contributed by atoms with Crippen molar-refractivity contribution < 1.29 is 24.2 Å². The van der Waals surface area contributed by atoms with Crippen LogP contribution >= 0.6 is 0 Å². The van der Waals surface area contributed by atoms with Gasteiger partial charge in [0.25, 0.3) is 5.91 Å². The van der Waals surface area contributed by atoms with Crippen LogP contribution in [0.3, 0.4) is 0 Å². The molecule has 0 unspecified atom stereocenters. The van der Waals surface area contributed by atoms with Crippen molar-refractivity contribution in [1.29, 1.82) is 0 Å². The lowest BCUT2D eigenvalue weighted by molar-refractivity contribution is -0.136. The van der Waals surface area contributed by atoms with Crippen molar-refractivity contribution in [2.24, 2.45) is 0 Å². The summed E-state index contributed by atoms with van der Waals surface area (Å²) < 4.78 is 12.7. The van der Waals surface area contributed by atoms with Gasteiger partial charge in [-0.15, -0.1) is 0 Å². The standard InChI is InChI=1S/C25H29NO5/c1-3-30-14-5-4-6-15-31-21-12-10-19(11-13-21)25(29)26-18(2)16-22-20(17-24(27)28)8-7-9-23(22)26/h7-13,16H,3-6,14-15,17H2,1-2H3,(H,27,28). The van der Waals surface area contributed by atoms with Crippen molar-refractivity contribution in [1.82, 2.24) is 4.57 Å². The summed E-state index contributed by atoms with van der Waals surface area (Å²) in [5, 5.41) is 9.94. The molecule has 31 heavy (non-hydrogen) atoms. The van der Waals surface area contributed by atoms with E-state index in [0.717, 1.165) is 49.3 Å². The lowest BCUT2D eigenvalue weighted by atomic mass is 10.1. The van der Waals surface area contributed by atoms with Crippen molar-refractivity contribution in [2.75, 3.05) is 19.8 Å². The zero-order chi connectivity index (χ0) is 22.2. The number of ether oxygens (including phenoxy) is 2. The Morgan fingerprint density at radius 2 is 1.74 bits per heavy atom. The Labute approximate surface area is 182 Å². The molecule has 0 saturated carbocycles. The minimum Gasteiger partial charge on any atom is -0.494 e. The second-order valence-electron chi connectivity index (χ2n) is 7.48. The van der Waals surface area contributed by atoms with Crippen LogP contribution in [0.2, 0.25) is 0 Å². The maximum Gasteiger partial charge on any atom is 0.307 e. The van der Waals surface area contributed by atoms with Gasteiger partial charge in [-0.3, -0.25) is 14.2 Å². The number of rotatable bonds is 11.